The van der Waals surface area contributed by atoms with Gasteiger partial charge in [-0.3, -0.25) is 0 Å². The van der Waals surface area contributed by atoms with Gasteiger partial charge < -0.3 is 5.32 Å². The molecule has 17 heavy (non-hydrogen) atoms. The van der Waals surface area contributed by atoms with E-state index in [1.165, 1.54) is 0 Å². The molecule has 1 saturated heterocycles. The lowest BCUT2D eigenvalue weighted by atomic mass is 9.99. The predicted octanol–water partition coefficient (Wildman–Crippen LogP) is 2.40. The summed E-state index contributed by atoms with van der Waals surface area (Å²) in [6.07, 6.45) is -2.74. The molecule has 6 heteroatoms. The molecule has 1 aliphatic rings. The highest BCUT2D eigenvalue weighted by Gasteiger charge is 2.38. The van der Waals surface area contributed by atoms with Crippen LogP contribution in [-0.4, -0.2) is 16.5 Å². The van der Waals surface area contributed by atoms with Gasteiger partial charge in [-0.05, 0) is 39.3 Å². The molecule has 0 bridgehead atoms. The molecule has 0 amide bonds. The number of aryl methyl sites for hydroxylation is 1. The number of hydrogen-bond acceptors (Lipinski definition) is 3. The monoisotopic (exact) mass is 245 g/mol. The lowest BCUT2D eigenvalue weighted by Crippen LogP contribution is -2.36. The number of rotatable bonds is 1. The van der Waals surface area contributed by atoms with E-state index in [-0.39, 0.29) is 5.82 Å². The molecule has 1 N–H and O–H groups in total. The van der Waals surface area contributed by atoms with Gasteiger partial charge in [0.2, 0.25) is 0 Å². The number of halogens is 3. The number of aromatic nitrogens is 2. The fourth-order valence-electron chi connectivity index (χ4n) is 2.05. The predicted molar refractivity (Wildman–Crippen MR) is 56.4 cm³/mol. The Balaban J connectivity index is 2.45. The topological polar surface area (TPSA) is 37.8 Å². The zero-order chi connectivity index (χ0) is 12.7. The minimum absolute atomic E-state index is 0.238. The first-order valence-electron chi connectivity index (χ1n) is 5.50. The van der Waals surface area contributed by atoms with Crippen LogP contribution in [0.5, 0.6) is 0 Å². The van der Waals surface area contributed by atoms with Gasteiger partial charge >= 0.3 is 6.18 Å². The van der Waals surface area contributed by atoms with Crippen LogP contribution in [0.2, 0.25) is 0 Å². The maximum atomic E-state index is 12.6. The lowest BCUT2D eigenvalue weighted by molar-refractivity contribution is -0.141. The zero-order valence-corrected chi connectivity index (χ0v) is 9.73. The van der Waals surface area contributed by atoms with Gasteiger partial charge in [0, 0.05) is 5.69 Å². The molecule has 0 radical (unpaired) electrons. The van der Waals surface area contributed by atoms with Crippen molar-refractivity contribution in [1.29, 1.82) is 0 Å². The third-order valence-corrected chi connectivity index (χ3v) is 3.01. The van der Waals surface area contributed by atoms with Crippen molar-refractivity contribution < 1.29 is 13.2 Å². The largest absolute Gasteiger partial charge is 0.433 e. The highest BCUT2D eigenvalue weighted by atomic mass is 19.4. The highest BCUT2D eigenvalue weighted by molar-refractivity contribution is 5.17. The molecule has 2 rings (SSSR count). The second-order valence-electron chi connectivity index (χ2n) is 4.58. The molecule has 1 aliphatic heterocycles. The van der Waals surface area contributed by atoms with Crippen molar-refractivity contribution >= 4 is 0 Å². The first kappa shape index (κ1) is 12.3. The first-order chi connectivity index (χ1) is 7.81. The van der Waals surface area contributed by atoms with Gasteiger partial charge in [-0.2, -0.15) is 13.2 Å². The Morgan fingerprint density at radius 2 is 2.06 bits per heavy atom. The van der Waals surface area contributed by atoms with Crippen LogP contribution in [0.25, 0.3) is 0 Å². The van der Waals surface area contributed by atoms with Crippen LogP contribution < -0.4 is 5.32 Å². The van der Waals surface area contributed by atoms with Crippen LogP contribution in [0.15, 0.2) is 6.07 Å². The van der Waals surface area contributed by atoms with Crippen molar-refractivity contribution in [3.8, 4) is 0 Å². The van der Waals surface area contributed by atoms with E-state index in [0.29, 0.717) is 5.69 Å². The van der Waals surface area contributed by atoms with Gasteiger partial charge in [0.1, 0.15) is 11.5 Å². The quantitative estimate of drug-likeness (QED) is 0.825. The van der Waals surface area contributed by atoms with E-state index in [4.69, 9.17) is 0 Å². The molecule has 0 unspecified atom stereocenters. The van der Waals surface area contributed by atoms with Crippen LogP contribution in [0.4, 0.5) is 13.2 Å². The van der Waals surface area contributed by atoms with Gasteiger partial charge in [-0.15, -0.1) is 0 Å². The zero-order valence-electron chi connectivity index (χ0n) is 9.73. The molecule has 1 aromatic heterocycles. The maximum absolute atomic E-state index is 12.6. The second-order valence-corrected chi connectivity index (χ2v) is 4.58. The summed E-state index contributed by atoms with van der Waals surface area (Å²) >= 11 is 0. The van der Waals surface area contributed by atoms with Crippen molar-refractivity contribution in [2.75, 3.05) is 6.54 Å². The molecule has 1 aromatic rings. The van der Waals surface area contributed by atoms with Crippen LogP contribution in [0.3, 0.4) is 0 Å². The Morgan fingerprint density at radius 1 is 1.35 bits per heavy atom. The second kappa shape index (κ2) is 3.94. The summed E-state index contributed by atoms with van der Waals surface area (Å²) in [5, 5.41) is 3.16. The Labute approximate surface area is 97.5 Å². The molecule has 1 atom stereocenters. The molecule has 0 saturated carbocycles. The van der Waals surface area contributed by atoms with Gasteiger partial charge in [-0.25, -0.2) is 9.97 Å². The Morgan fingerprint density at radius 3 is 2.59 bits per heavy atom. The minimum atomic E-state index is -4.42. The van der Waals surface area contributed by atoms with Crippen molar-refractivity contribution in [2.24, 2.45) is 0 Å². The molecular formula is C11H14F3N3. The van der Waals surface area contributed by atoms with Crippen molar-refractivity contribution in [3.05, 3.63) is 23.3 Å². The first-order valence-corrected chi connectivity index (χ1v) is 5.50. The van der Waals surface area contributed by atoms with Crippen LogP contribution >= 0.6 is 0 Å². The molecule has 0 spiro atoms. The average molecular weight is 245 g/mol. The summed E-state index contributed by atoms with van der Waals surface area (Å²) in [5.41, 5.74) is -1.06. The molecule has 3 nitrogen and oxygen atoms in total. The molecular weight excluding hydrogens is 231 g/mol. The highest BCUT2D eigenvalue weighted by Crippen LogP contribution is 2.32. The van der Waals surface area contributed by atoms with Crippen molar-refractivity contribution in [3.63, 3.8) is 0 Å². The van der Waals surface area contributed by atoms with Crippen LogP contribution in [-0.2, 0) is 11.7 Å². The standard InChI is InChI=1S/C11H14F3N3/c1-7-6-8(11(12,13)14)17-9(16-7)10(2)4-3-5-15-10/h6,15H,3-5H2,1-2H3/t10-/m1/s1. The van der Waals surface area contributed by atoms with E-state index in [0.717, 1.165) is 25.5 Å². The molecule has 94 valence electrons. The van der Waals surface area contributed by atoms with Crippen LogP contribution in [0.1, 0.15) is 37.0 Å². The number of hydrogen-bond donors (Lipinski definition) is 1. The fraction of sp³-hybridized carbons (Fsp3) is 0.636. The Hall–Kier alpha value is -1.17. The number of nitrogens with zero attached hydrogens (tertiary/aromatic N) is 2. The van der Waals surface area contributed by atoms with E-state index in [1.54, 1.807) is 6.92 Å². The Kier molecular flexibility index (Phi) is 2.85. The molecule has 0 aliphatic carbocycles. The summed E-state index contributed by atoms with van der Waals surface area (Å²) < 4.78 is 37.9. The lowest BCUT2D eigenvalue weighted by Gasteiger charge is -2.23. The third kappa shape index (κ3) is 2.41. The smallest absolute Gasteiger partial charge is 0.305 e. The van der Waals surface area contributed by atoms with Gasteiger partial charge in [-0.1, -0.05) is 0 Å². The van der Waals surface area contributed by atoms with E-state index in [9.17, 15) is 13.2 Å². The molecule has 0 aromatic carbocycles. The summed E-state index contributed by atoms with van der Waals surface area (Å²) in [7, 11) is 0. The maximum Gasteiger partial charge on any atom is 0.433 e. The normalized spacial score (nSPS) is 25.2. The summed E-state index contributed by atoms with van der Waals surface area (Å²) in [6, 6.07) is 0.974. The number of alkyl halides is 3. The van der Waals surface area contributed by atoms with E-state index >= 15 is 0 Å². The van der Waals surface area contributed by atoms with Gasteiger partial charge in [0.05, 0.1) is 5.54 Å². The minimum Gasteiger partial charge on any atom is -0.305 e. The van der Waals surface area contributed by atoms with Gasteiger partial charge in [0.25, 0.3) is 0 Å². The van der Waals surface area contributed by atoms with E-state index in [2.05, 4.69) is 15.3 Å². The molecule has 2 heterocycles. The average Bonchev–Trinajstić information content (AvgIpc) is 2.64. The third-order valence-electron chi connectivity index (χ3n) is 3.01. The number of nitrogens with one attached hydrogen (secondary N) is 1. The SMILES string of the molecule is Cc1cc(C(F)(F)F)nc([C@@]2(C)CCCN2)n1. The summed E-state index contributed by atoms with van der Waals surface area (Å²) in [4.78, 5) is 7.79. The molecule has 1 fully saturated rings. The van der Waals surface area contributed by atoms with E-state index in [1.807, 2.05) is 6.92 Å². The van der Waals surface area contributed by atoms with Crippen molar-refractivity contribution in [2.45, 2.75) is 38.4 Å². The summed E-state index contributed by atoms with van der Waals surface area (Å²) in [5.74, 6) is 0.238. The van der Waals surface area contributed by atoms with Crippen LogP contribution in [0, 0.1) is 6.92 Å². The Bertz CT molecular complexity index is 422. The van der Waals surface area contributed by atoms with Crippen molar-refractivity contribution in [1.82, 2.24) is 15.3 Å². The fourth-order valence-corrected chi connectivity index (χ4v) is 2.05. The summed E-state index contributed by atoms with van der Waals surface area (Å²) in [6.45, 7) is 4.18. The van der Waals surface area contributed by atoms with Gasteiger partial charge in [0.15, 0.2) is 0 Å². The van der Waals surface area contributed by atoms with E-state index < -0.39 is 17.4 Å².